The van der Waals surface area contributed by atoms with Crippen molar-refractivity contribution in [2.45, 2.75) is 36.6 Å². The van der Waals surface area contributed by atoms with Crippen molar-refractivity contribution >= 4 is 15.9 Å². The van der Waals surface area contributed by atoms with Crippen LogP contribution in [-0.4, -0.2) is 43.2 Å². The van der Waals surface area contributed by atoms with E-state index in [2.05, 4.69) is 12.1 Å². The summed E-state index contributed by atoms with van der Waals surface area (Å²) in [6.07, 6.45) is 3.04. The Morgan fingerprint density at radius 3 is 2.23 bits per heavy atom. The number of carbonyl (C=O) groups is 1. The van der Waals surface area contributed by atoms with E-state index < -0.39 is 10.0 Å². The second kappa shape index (κ2) is 8.58. The molecule has 0 bridgehead atoms. The molecule has 2 saturated heterocycles. The second-order valence-electron chi connectivity index (χ2n) is 7.91. The fraction of sp³-hybridized carbons (Fsp3) is 0.391. The molecule has 0 aromatic heterocycles. The van der Waals surface area contributed by atoms with Crippen LogP contribution in [0.2, 0.25) is 0 Å². The highest BCUT2D eigenvalue weighted by molar-refractivity contribution is 7.89. The molecule has 1 amide bonds. The van der Waals surface area contributed by atoms with E-state index in [1.807, 2.05) is 29.2 Å². The number of piperidine rings is 1. The Bertz CT molecular complexity index is 1040. The first kappa shape index (κ1) is 20.6. The maximum Gasteiger partial charge on any atom is 0.243 e. The first-order valence-electron chi connectivity index (χ1n) is 10.4. The summed E-state index contributed by atoms with van der Waals surface area (Å²) in [6.45, 7) is 1.44. The molecule has 0 saturated carbocycles. The number of amides is 1. The predicted octanol–water partition coefficient (Wildman–Crippen LogP) is 3.32. The van der Waals surface area contributed by atoms with Crippen LogP contribution in [0.1, 0.15) is 42.9 Å². The van der Waals surface area contributed by atoms with Crippen LogP contribution in [0.3, 0.4) is 0 Å². The molecular weight excluding hydrogens is 398 g/mol. The minimum Gasteiger partial charge on any atom is -0.335 e. The SMILES string of the molecule is N#Cc1ccc(S(=O)(=O)N2CCC(C(=O)N3CCC[C@@H]3c3ccccc3)CC2)cc1. The van der Waals surface area contributed by atoms with Crippen LogP contribution in [0.5, 0.6) is 0 Å². The Morgan fingerprint density at radius 1 is 0.933 bits per heavy atom. The van der Waals surface area contributed by atoms with Crippen LogP contribution in [-0.2, 0) is 14.8 Å². The van der Waals surface area contributed by atoms with Gasteiger partial charge in [0.2, 0.25) is 15.9 Å². The zero-order valence-corrected chi connectivity index (χ0v) is 17.6. The topological polar surface area (TPSA) is 81.5 Å². The van der Waals surface area contributed by atoms with Gasteiger partial charge >= 0.3 is 0 Å². The summed E-state index contributed by atoms with van der Waals surface area (Å²) >= 11 is 0. The summed E-state index contributed by atoms with van der Waals surface area (Å²) in [7, 11) is -3.61. The lowest BCUT2D eigenvalue weighted by atomic mass is 9.95. The average Bonchev–Trinajstić information content (AvgIpc) is 3.29. The summed E-state index contributed by atoms with van der Waals surface area (Å²) in [5, 5.41) is 8.90. The molecule has 0 spiro atoms. The second-order valence-corrected chi connectivity index (χ2v) is 9.85. The molecule has 1 atom stereocenters. The monoisotopic (exact) mass is 423 g/mol. The Hall–Kier alpha value is -2.69. The van der Waals surface area contributed by atoms with Crippen LogP contribution >= 0.6 is 0 Å². The number of nitrogens with zero attached hydrogens (tertiary/aromatic N) is 3. The Balaban J connectivity index is 1.41. The van der Waals surface area contributed by atoms with E-state index in [1.165, 1.54) is 34.1 Å². The lowest BCUT2D eigenvalue weighted by Crippen LogP contribution is -2.44. The molecule has 2 fully saturated rings. The number of likely N-dealkylation sites (tertiary alicyclic amines) is 1. The smallest absolute Gasteiger partial charge is 0.243 e. The first-order chi connectivity index (χ1) is 14.5. The third kappa shape index (κ3) is 3.98. The van der Waals surface area contributed by atoms with Gasteiger partial charge in [0, 0.05) is 25.6 Å². The third-order valence-corrected chi connectivity index (χ3v) is 8.06. The summed E-state index contributed by atoms with van der Waals surface area (Å²) in [4.78, 5) is 15.4. The van der Waals surface area contributed by atoms with Crippen LogP contribution in [0.25, 0.3) is 0 Å². The molecular formula is C23H25N3O3S. The molecule has 0 unspecified atom stereocenters. The van der Waals surface area contributed by atoms with E-state index in [1.54, 1.807) is 0 Å². The van der Waals surface area contributed by atoms with Gasteiger partial charge in [0.15, 0.2) is 0 Å². The molecule has 2 aromatic rings. The largest absolute Gasteiger partial charge is 0.335 e. The highest BCUT2D eigenvalue weighted by Crippen LogP contribution is 2.35. The highest BCUT2D eigenvalue weighted by Gasteiger charge is 2.37. The van der Waals surface area contributed by atoms with Crippen molar-refractivity contribution in [1.29, 1.82) is 5.26 Å². The number of hydrogen-bond donors (Lipinski definition) is 0. The molecule has 2 aromatic carbocycles. The molecule has 2 aliphatic heterocycles. The van der Waals surface area contributed by atoms with Gasteiger partial charge in [-0.2, -0.15) is 9.57 Å². The van der Waals surface area contributed by atoms with Crippen molar-refractivity contribution in [2.24, 2.45) is 5.92 Å². The van der Waals surface area contributed by atoms with Crippen molar-refractivity contribution in [3.05, 3.63) is 65.7 Å². The minimum atomic E-state index is -3.61. The van der Waals surface area contributed by atoms with Gasteiger partial charge in [-0.1, -0.05) is 30.3 Å². The number of nitriles is 1. The van der Waals surface area contributed by atoms with Crippen molar-refractivity contribution in [1.82, 2.24) is 9.21 Å². The Morgan fingerprint density at radius 2 is 1.60 bits per heavy atom. The van der Waals surface area contributed by atoms with Gasteiger partial charge in [-0.25, -0.2) is 8.42 Å². The lowest BCUT2D eigenvalue weighted by molar-refractivity contribution is -0.137. The molecule has 0 aliphatic carbocycles. The zero-order chi connectivity index (χ0) is 21.1. The number of hydrogen-bond acceptors (Lipinski definition) is 4. The Kier molecular flexibility index (Phi) is 5.89. The maximum absolute atomic E-state index is 13.2. The van der Waals surface area contributed by atoms with E-state index in [-0.39, 0.29) is 22.8 Å². The fourth-order valence-corrected chi connectivity index (χ4v) is 5.95. The highest BCUT2D eigenvalue weighted by atomic mass is 32.2. The van der Waals surface area contributed by atoms with E-state index >= 15 is 0 Å². The zero-order valence-electron chi connectivity index (χ0n) is 16.8. The standard InChI is InChI=1S/C23H25N3O3S/c24-17-18-8-10-21(11-9-18)30(28,29)25-15-12-20(13-16-25)23(27)26-14-4-7-22(26)19-5-2-1-3-6-19/h1-3,5-6,8-11,20,22H,4,7,12-16H2/t22-/m1/s1. The van der Waals surface area contributed by atoms with E-state index in [9.17, 15) is 13.2 Å². The summed E-state index contributed by atoms with van der Waals surface area (Å²) in [6, 6.07) is 18.2. The van der Waals surface area contributed by atoms with Gasteiger partial charge in [0.1, 0.15) is 0 Å². The molecule has 156 valence electrons. The van der Waals surface area contributed by atoms with Crippen LogP contribution in [0, 0.1) is 17.2 Å². The molecule has 2 heterocycles. The van der Waals surface area contributed by atoms with Gasteiger partial charge < -0.3 is 4.90 Å². The van der Waals surface area contributed by atoms with E-state index in [0.29, 0.717) is 31.5 Å². The van der Waals surface area contributed by atoms with Crippen molar-refractivity contribution < 1.29 is 13.2 Å². The summed E-state index contributed by atoms with van der Waals surface area (Å²) < 4.78 is 27.3. The maximum atomic E-state index is 13.2. The van der Waals surface area contributed by atoms with Crippen LogP contribution in [0.4, 0.5) is 0 Å². The van der Waals surface area contributed by atoms with Crippen LogP contribution in [0.15, 0.2) is 59.5 Å². The first-order valence-corrected chi connectivity index (χ1v) is 11.8. The molecule has 4 rings (SSSR count). The fourth-order valence-electron chi connectivity index (χ4n) is 4.48. The summed E-state index contributed by atoms with van der Waals surface area (Å²) in [5.41, 5.74) is 1.60. The van der Waals surface area contributed by atoms with E-state index in [4.69, 9.17) is 5.26 Å². The van der Waals surface area contributed by atoms with Crippen LogP contribution < -0.4 is 0 Å². The molecule has 30 heavy (non-hydrogen) atoms. The van der Waals surface area contributed by atoms with Crippen molar-refractivity contribution in [3.8, 4) is 6.07 Å². The normalized spacial score (nSPS) is 20.8. The van der Waals surface area contributed by atoms with Crippen molar-refractivity contribution in [2.75, 3.05) is 19.6 Å². The quantitative estimate of drug-likeness (QED) is 0.755. The minimum absolute atomic E-state index is 0.124. The molecule has 2 aliphatic rings. The Labute approximate surface area is 177 Å². The number of benzene rings is 2. The number of sulfonamides is 1. The molecule has 0 radical (unpaired) electrons. The predicted molar refractivity (Wildman–Crippen MR) is 113 cm³/mol. The summed E-state index contributed by atoms with van der Waals surface area (Å²) in [5.74, 6) is 0.0125. The number of rotatable bonds is 4. The molecule has 6 nitrogen and oxygen atoms in total. The molecule has 7 heteroatoms. The van der Waals surface area contributed by atoms with Gasteiger partial charge in [0.05, 0.1) is 22.6 Å². The van der Waals surface area contributed by atoms with Gasteiger partial charge in [-0.3, -0.25) is 4.79 Å². The molecule has 0 N–H and O–H groups in total. The van der Waals surface area contributed by atoms with Gasteiger partial charge in [-0.15, -0.1) is 0 Å². The van der Waals surface area contributed by atoms with Crippen molar-refractivity contribution in [3.63, 3.8) is 0 Å². The van der Waals surface area contributed by atoms with Gasteiger partial charge in [-0.05, 0) is 55.5 Å². The third-order valence-electron chi connectivity index (χ3n) is 6.14. The van der Waals surface area contributed by atoms with Gasteiger partial charge in [0.25, 0.3) is 0 Å². The van der Waals surface area contributed by atoms with E-state index in [0.717, 1.165) is 19.4 Å². The number of carbonyl (C=O) groups excluding carboxylic acids is 1. The average molecular weight is 424 g/mol. The lowest BCUT2D eigenvalue weighted by Gasteiger charge is -2.34.